The molecule has 2 aromatic carbocycles. The molecule has 0 aliphatic carbocycles. The summed E-state index contributed by atoms with van der Waals surface area (Å²) in [5, 5.41) is 13.8. The predicted octanol–water partition coefficient (Wildman–Crippen LogP) is 4.34. The standard InChI is InChI=1S/C20H23NO3/c1-12-5-7-16-15(10-12)20-14(4-3-9-24-20)19(21-16)13-6-8-18(23-2)17(22)11-13/h5-8,10-11,14,19-22H,3-4,9H2,1-2H3/t14-,19-,20-/m0/s1. The molecule has 0 aromatic heterocycles. The van der Waals surface area contributed by atoms with Gasteiger partial charge in [0.2, 0.25) is 0 Å². The molecule has 2 aromatic rings. The highest BCUT2D eigenvalue weighted by Gasteiger charge is 2.39. The van der Waals surface area contributed by atoms with Gasteiger partial charge in [-0.3, -0.25) is 0 Å². The second kappa shape index (κ2) is 6.02. The molecular formula is C20H23NO3. The Balaban J connectivity index is 1.76. The van der Waals surface area contributed by atoms with Crippen LogP contribution in [0, 0.1) is 12.8 Å². The zero-order valence-corrected chi connectivity index (χ0v) is 14.1. The summed E-state index contributed by atoms with van der Waals surface area (Å²) in [6.45, 7) is 2.93. The van der Waals surface area contributed by atoms with E-state index in [1.165, 1.54) is 11.1 Å². The highest BCUT2D eigenvalue weighted by atomic mass is 16.5. The molecule has 0 radical (unpaired) electrons. The number of ether oxygens (including phenoxy) is 2. The number of benzene rings is 2. The molecule has 3 atom stereocenters. The van der Waals surface area contributed by atoms with E-state index in [4.69, 9.17) is 9.47 Å². The van der Waals surface area contributed by atoms with Gasteiger partial charge in [0.1, 0.15) is 0 Å². The SMILES string of the molecule is COc1ccc([C@@H]2Nc3ccc(C)cc3[C@H]3OCCC[C@H]32)cc1O. The van der Waals surface area contributed by atoms with Gasteiger partial charge >= 0.3 is 0 Å². The molecule has 1 fully saturated rings. The van der Waals surface area contributed by atoms with Crippen LogP contribution in [0.25, 0.3) is 0 Å². The Hall–Kier alpha value is -2.20. The Morgan fingerprint density at radius 1 is 1.21 bits per heavy atom. The smallest absolute Gasteiger partial charge is 0.160 e. The first-order chi connectivity index (χ1) is 11.7. The summed E-state index contributed by atoms with van der Waals surface area (Å²) in [5.74, 6) is 1.04. The van der Waals surface area contributed by atoms with Crippen molar-refractivity contribution in [3.8, 4) is 11.5 Å². The molecule has 0 amide bonds. The first kappa shape index (κ1) is 15.3. The molecule has 0 bridgehead atoms. The first-order valence-electron chi connectivity index (χ1n) is 8.53. The lowest BCUT2D eigenvalue weighted by Crippen LogP contribution is -2.36. The molecule has 0 spiro atoms. The van der Waals surface area contributed by atoms with Gasteiger partial charge in [-0.25, -0.2) is 0 Å². The third kappa shape index (κ3) is 2.51. The molecular weight excluding hydrogens is 302 g/mol. The van der Waals surface area contributed by atoms with E-state index in [2.05, 4.69) is 30.4 Å². The zero-order valence-electron chi connectivity index (χ0n) is 14.1. The minimum Gasteiger partial charge on any atom is -0.504 e. The van der Waals surface area contributed by atoms with Gasteiger partial charge in [0.05, 0.1) is 19.3 Å². The van der Waals surface area contributed by atoms with E-state index in [-0.39, 0.29) is 17.9 Å². The van der Waals surface area contributed by atoms with Crippen molar-refractivity contribution in [2.24, 2.45) is 5.92 Å². The van der Waals surface area contributed by atoms with Crippen LogP contribution in [0.4, 0.5) is 5.69 Å². The van der Waals surface area contributed by atoms with Gasteiger partial charge < -0.3 is 19.9 Å². The molecule has 2 heterocycles. The van der Waals surface area contributed by atoms with Crippen molar-refractivity contribution < 1.29 is 14.6 Å². The van der Waals surface area contributed by atoms with Crippen LogP contribution in [0.2, 0.25) is 0 Å². The van der Waals surface area contributed by atoms with Crippen molar-refractivity contribution in [3.63, 3.8) is 0 Å². The number of fused-ring (bicyclic) bond motifs is 3. The minimum absolute atomic E-state index is 0.115. The number of hydrogen-bond acceptors (Lipinski definition) is 4. The van der Waals surface area contributed by atoms with Gasteiger partial charge in [-0.05, 0) is 43.5 Å². The van der Waals surface area contributed by atoms with E-state index in [1.54, 1.807) is 13.2 Å². The molecule has 2 aliphatic heterocycles. The average molecular weight is 325 g/mol. The topological polar surface area (TPSA) is 50.7 Å². The van der Waals surface area contributed by atoms with Crippen molar-refractivity contribution >= 4 is 5.69 Å². The Bertz CT molecular complexity index is 759. The summed E-state index contributed by atoms with van der Waals surface area (Å²) in [6.07, 6.45) is 2.30. The maximum Gasteiger partial charge on any atom is 0.160 e. The van der Waals surface area contributed by atoms with E-state index in [0.29, 0.717) is 11.7 Å². The van der Waals surface area contributed by atoms with Crippen LogP contribution in [0.1, 0.15) is 41.7 Å². The molecule has 126 valence electrons. The number of aryl methyl sites for hydroxylation is 1. The highest BCUT2D eigenvalue weighted by molar-refractivity contribution is 5.59. The van der Waals surface area contributed by atoms with E-state index in [9.17, 15) is 5.11 Å². The second-order valence-corrected chi connectivity index (χ2v) is 6.74. The van der Waals surface area contributed by atoms with Gasteiger partial charge in [-0.1, -0.05) is 23.8 Å². The lowest BCUT2D eigenvalue weighted by molar-refractivity contribution is -0.0381. The lowest BCUT2D eigenvalue weighted by Gasteiger charge is -2.43. The Labute approximate surface area is 142 Å². The molecule has 2 aliphatic rings. The average Bonchev–Trinajstić information content (AvgIpc) is 2.61. The number of nitrogens with one attached hydrogen (secondary N) is 1. The Kier molecular flexibility index (Phi) is 3.85. The third-order valence-corrected chi connectivity index (χ3v) is 5.18. The van der Waals surface area contributed by atoms with E-state index < -0.39 is 0 Å². The maximum absolute atomic E-state index is 10.2. The lowest BCUT2D eigenvalue weighted by atomic mass is 9.77. The molecule has 0 unspecified atom stereocenters. The number of phenolic OH excluding ortho intramolecular Hbond substituents is 1. The van der Waals surface area contributed by atoms with Gasteiger partial charge in [0.15, 0.2) is 11.5 Å². The van der Waals surface area contributed by atoms with Crippen LogP contribution in [0.15, 0.2) is 36.4 Å². The number of rotatable bonds is 2. The van der Waals surface area contributed by atoms with Crippen LogP contribution < -0.4 is 10.1 Å². The molecule has 4 rings (SSSR count). The maximum atomic E-state index is 10.2. The van der Waals surface area contributed by atoms with Crippen molar-refractivity contribution in [1.29, 1.82) is 0 Å². The molecule has 0 saturated carbocycles. The number of methoxy groups -OCH3 is 1. The summed E-state index contributed by atoms with van der Waals surface area (Å²) in [4.78, 5) is 0. The van der Waals surface area contributed by atoms with Gasteiger partial charge in [-0.2, -0.15) is 0 Å². The number of anilines is 1. The number of phenols is 1. The fourth-order valence-electron chi connectivity index (χ4n) is 4.02. The quantitative estimate of drug-likeness (QED) is 0.862. The summed E-state index contributed by atoms with van der Waals surface area (Å²) in [7, 11) is 1.57. The van der Waals surface area contributed by atoms with Gasteiger partial charge in [0, 0.05) is 23.8 Å². The van der Waals surface area contributed by atoms with E-state index in [0.717, 1.165) is 30.7 Å². The minimum atomic E-state index is 0.115. The predicted molar refractivity (Wildman–Crippen MR) is 93.6 cm³/mol. The highest BCUT2D eigenvalue weighted by Crippen LogP contribution is 2.49. The molecule has 2 N–H and O–H groups in total. The van der Waals surface area contributed by atoms with Gasteiger partial charge in [0.25, 0.3) is 0 Å². The summed E-state index contributed by atoms with van der Waals surface area (Å²) < 4.78 is 11.3. The first-order valence-corrected chi connectivity index (χ1v) is 8.53. The molecule has 4 heteroatoms. The fourth-order valence-corrected chi connectivity index (χ4v) is 4.02. The largest absolute Gasteiger partial charge is 0.504 e. The molecule has 1 saturated heterocycles. The van der Waals surface area contributed by atoms with Crippen LogP contribution >= 0.6 is 0 Å². The summed E-state index contributed by atoms with van der Waals surface area (Å²) in [5.41, 5.74) is 4.71. The zero-order chi connectivity index (χ0) is 16.7. The van der Waals surface area contributed by atoms with Crippen LogP contribution in [0.5, 0.6) is 11.5 Å². The van der Waals surface area contributed by atoms with Crippen molar-refractivity contribution in [3.05, 3.63) is 53.1 Å². The number of hydrogen-bond donors (Lipinski definition) is 2. The van der Waals surface area contributed by atoms with Crippen LogP contribution in [0.3, 0.4) is 0 Å². The summed E-state index contributed by atoms with van der Waals surface area (Å²) in [6, 6.07) is 12.3. The van der Waals surface area contributed by atoms with E-state index in [1.807, 2.05) is 12.1 Å². The molecule has 24 heavy (non-hydrogen) atoms. The van der Waals surface area contributed by atoms with Crippen LogP contribution in [-0.2, 0) is 4.74 Å². The van der Waals surface area contributed by atoms with Gasteiger partial charge in [-0.15, -0.1) is 0 Å². The molecule has 4 nitrogen and oxygen atoms in total. The van der Waals surface area contributed by atoms with Crippen molar-refractivity contribution in [1.82, 2.24) is 0 Å². The third-order valence-electron chi connectivity index (χ3n) is 5.18. The Morgan fingerprint density at radius 2 is 2.08 bits per heavy atom. The second-order valence-electron chi connectivity index (χ2n) is 6.74. The van der Waals surface area contributed by atoms with Crippen LogP contribution in [-0.4, -0.2) is 18.8 Å². The van der Waals surface area contributed by atoms with Crippen molar-refractivity contribution in [2.45, 2.75) is 31.9 Å². The van der Waals surface area contributed by atoms with E-state index >= 15 is 0 Å². The number of aromatic hydroxyl groups is 1. The Morgan fingerprint density at radius 3 is 2.88 bits per heavy atom. The monoisotopic (exact) mass is 325 g/mol. The fraction of sp³-hybridized carbons (Fsp3) is 0.400. The normalized spacial score (nSPS) is 25.3. The van der Waals surface area contributed by atoms with Crippen molar-refractivity contribution in [2.75, 3.05) is 19.0 Å². The summed E-state index contributed by atoms with van der Waals surface area (Å²) >= 11 is 0.